The molecule has 0 aliphatic rings. The molecule has 8 nitrogen and oxygen atoms in total. The summed E-state index contributed by atoms with van der Waals surface area (Å²) in [5.41, 5.74) is 3.28. The van der Waals surface area contributed by atoms with Crippen molar-refractivity contribution in [3.05, 3.63) is 95.0 Å². The van der Waals surface area contributed by atoms with Crippen LogP contribution in [0.15, 0.2) is 73.7 Å². The van der Waals surface area contributed by atoms with E-state index in [2.05, 4.69) is 26.8 Å². The van der Waals surface area contributed by atoms with Gasteiger partial charge in [0.25, 0.3) is 0 Å². The number of fused-ring (bicyclic) bond motifs is 1. The molecule has 0 aliphatic heterocycles. The van der Waals surface area contributed by atoms with Gasteiger partial charge in [0.2, 0.25) is 5.82 Å². The van der Waals surface area contributed by atoms with Crippen molar-refractivity contribution in [2.24, 2.45) is 0 Å². The second kappa shape index (κ2) is 8.12. The molecule has 3 heterocycles. The Balaban J connectivity index is 1.76. The van der Waals surface area contributed by atoms with E-state index in [1.165, 1.54) is 6.20 Å². The molecule has 0 spiro atoms. The number of allylic oxidation sites excluding steroid dienone is 1. The van der Waals surface area contributed by atoms with Crippen molar-refractivity contribution < 1.29 is 4.92 Å². The number of rotatable bonds is 7. The third-order valence-corrected chi connectivity index (χ3v) is 4.79. The minimum atomic E-state index is -0.486. The number of hydrogen-bond donors (Lipinski definition) is 1. The summed E-state index contributed by atoms with van der Waals surface area (Å²) in [6.45, 7) is 5.70. The minimum absolute atomic E-state index is 0.165. The molecule has 0 amide bonds. The third kappa shape index (κ3) is 3.75. The highest BCUT2D eigenvalue weighted by Crippen LogP contribution is 2.28. The fourth-order valence-corrected chi connectivity index (χ4v) is 3.25. The Labute approximate surface area is 173 Å². The van der Waals surface area contributed by atoms with Crippen LogP contribution < -0.4 is 5.32 Å². The van der Waals surface area contributed by atoms with Crippen molar-refractivity contribution in [1.29, 1.82) is 0 Å². The topological polar surface area (TPSA) is 98.2 Å². The standard InChI is InChI=1S/C22H20N6O2/c1-3-7-16-10-11-20-23-12-18(27(20)14-16)21-24-13-19(28(29)30)22(26-21)25-15(2)17-8-5-4-6-9-17/h3-6,8-15H,1,7H2,2H3,(H,24,25,26)/t15-/m0/s1. The molecule has 4 aromatic rings. The molecule has 0 fully saturated rings. The van der Waals surface area contributed by atoms with Crippen LogP contribution in [0.4, 0.5) is 11.5 Å². The SMILES string of the molecule is C=CCc1ccc2ncc(-c3ncc([N+](=O)[O-])c(N[C@@H](C)c4ccccc4)n3)n2c1. The predicted octanol–water partition coefficient (Wildman–Crippen LogP) is 4.60. The summed E-state index contributed by atoms with van der Waals surface area (Å²) in [7, 11) is 0. The van der Waals surface area contributed by atoms with Crippen LogP contribution in [0.1, 0.15) is 24.1 Å². The number of nitrogens with one attached hydrogen (secondary N) is 1. The van der Waals surface area contributed by atoms with E-state index in [4.69, 9.17) is 0 Å². The third-order valence-electron chi connectivity index (χ3n) is 4.79. The Kier molecular flexibility index (Phi) is 5.21. The minimum Gasteiger partial charge on any atom is -0.358 e. The second-order valence-electron chi connectivity index (χ2n) is 6.86. The first-order chi connectivity index (χ1) is 14.6. The van der Waals surface area contributed by atoms with E-state index in [1.54, 1.807) is 6.20 Å². The Morgan fingerprint density at radius 1 is 1.20 bits per heavy atom. The van der Waals surface area contributed by atoms with Crippen LogP contribution in [0.25, 0.3) is 17.2 Å². The highest BCUT2D eigenvalue weighted by Gasteiger charge is 2.21. The van der Waals surface area contributed by atoms with Crippen LogP contribution in [0.2, 0.25) is 0 Å². The molecule has 0 saturated carbocycles. The average Bonchev–Trinajstić information content (AvgIpc) is 3.17. The van der Waals surface area contributed by atoms with Crippen molar-refractivity contribution in [2.45, 2.75) is 19.4 Å². The molecule has 1 N–H and O–H groups in total. The zero-order valence-electron chi connectivity index (χ0n) is 16.4. The van der Waals surface area contributed by atoms with Crippen LogP contribution >= 0.6 is 0 Å². The van der Waals surface area contributed by atoms with Crippen molar-refractivity contribution in [2.75, 3.05) is 5.32 Å². The van der Waals surface area contributed by atoms with E-state index in [-0.39, 0.29) is 17.5 Å². The van der Waals surface area contributed by atoms with E-state index in [0.29, 0.717) is 11.5 Å². The van der Waals surface area contributed by atoms with Gasteiger partial charge in [-0.25, -0.2) is 15.0 Å². The van der Waals surface area contributed by atoms with Crippen molar-refractivity contribution in [3.63, 3.8) is 0 Å². The van der Waals surface area contributed by atoms with Gasteiger partial charge in [0.1, 0.15) is 17.5 Å². The molecule has 4 rings (SSSR count). The summed E-state index contributed by atoms with van der Waals surface area (Å²) in [6.07, 6.45) is 7.39. The molecule has 0 saturated heterocycles. The van der Waals surface area contributed by atoms with Crippen molar-refractivity contribution >= 4 is 17.2 Å². The average molecular weight is 400 g/mol. The number of nitrogens with zero attached hydrogens (tertiary/aromatic N) is 5. The molecule has 0 unspecified atom stereocenters. The maximum atomic E-state index is 11.5. The molecule has 0 aliphatic carbocycles. The van der Waals surface area contributed by atoms with Crippen LogP contribution in [0, 0.1) is 10.1 Å². The maximum Gasteiger partial charge on any atom is 0.329 e. The summed E-state index contributed by atoms with van der Waals surface area (Å²) in [5, 5.41) is 14.7. The zero-order valence-corrected chi connectivity index (χ0v) is 16.4. The van der Waals surface area contributed by atoms with Gasteiger partial charge in [-0.05, 0) is 30.5 Å². The lowest BCUT2D eigenvalue weighted by Gasteiger charge is -2.15. The number of benzene rings is 1. The molecule has 3 aromatic heterocycles. The molecule has 0 radical (unpaired) electrons. The van der Waals surface area contributed by atoms with Gasteiger partial charge in [0, 0.05) is 6.20 Å². The van der Waals surface area contributed by atoms with Crippen LogP contribution in [0.3, 0.4) is 0 Å². The first-order valence-corrected chi connectivity index (χ1v) is 9.47. The lowest BCUT2D eigenvalue weighted by atomic mass is 10.1. The van der Waals surface area contributed by atoms with E-state index in [9.17, 15) is 10.1 Å². The predicted molar refractivity (Wildman–Crippen MR) is 115 cm³/mol. The van der Waals surface area contributed by atoms with E-state index < -0.39 is 4.92 Å². The first-order valence-electron chi connectivity index (χ1n) is 9.47. The summed E-state index contributed by atoms with van der Waals surface area (Å²) >= 11 is 0. The largest absolute Gasteiger partial charge is 0.358 e. The van der Waals surface area contributed by atoms with Crippen LogP contribution in [-0.4, -0.2) is 24.3 Å². The van der Waals surface area contributed by atoms with Crippen molar-refractivity contribution in [3.8, 4) is 11.5 Å². The lowest BCUT2D eigenvalue weighted by Crippen LogP contribution is -2.11. The van der Waals surface area contributed by atoms with Gasteiger partial charge < -0.3 is 5.32 Å². The molecule has 0 bridgehead atoms. The van der Waals surface area contributed by atoms with E-state index >= 15 is 0 Å². The Bertz CT molecular complexity index is 1220. The monoisotopic (exact) mass is 400 g/mol. The van der Waals surface area contributed by atoms with Crippen LogP contribution in [0.5, 0.6) is 0 Å². The molecular formula is C22H20N6O2. The quantitative estimate of drug-likeness (QED) is 0.276. The molecule has 1 aromatic carbocycles. The summed E-state index contributed by atoms with van der Waals surface area (Å²) in [6, 6.07) is 13.4. The Hall–Kier alpha value is -4.07. The Morgan fingerprint density at radius 3 is 2.73 bits per heavy atom. The van der Waals surface area contributed by atoms with Gasteiger partial charge in [-0.15, -0.1) is 6.58 Å². The van der Waals surface area contributed by atoms with Crippen LogP contribution in [-0.2, 0) is 6.42 Å². The number of hydrogen-bond acceptors (Lipinski definition) is 6. The molecule has 8 heteroatoms. The second-order valence-corrected chi connectivity index (χ2v) is 6.86. The molecule has 1 atom stereocenters. The number of pyridine rings is 1. The fourth-order valence-electron chi connectivity index (χ4n) is 3.25. The summed E-state index contributed by atoms with van der Waals surface area (Å²) in [5.74, 6) is 0.519. The van der Waals surface area contributed by atoms with Gasteiger partial charge in [0.15, 0.2) is 5.82 Å². The van der Waals surface area contributed by atoms with E-state index in [0.717, 1.165) is 23.2 Å². The van der Waals surface area contributed by atoms with Gasteiger partial charge in [-0.1, -0.05) is 42.5 Å². The van der Waals surface area contributed by atoms with Gasteiger partial charge in [0.05, 0.1) is 17.2 Å². The van der Waals surface area contributed by atoms with Gasteiger partial charge >= 0.3 is 5.69 Å². The highest BCUT2D eigenvalue weighted by atomic mass is 16.6. The highest BCUT2D eigenvalue weighted by molar-refractivity contribution is 5.63. The van der Waals surface area contributed by atoms with Gasteiger partial charge in [-0.3, -0.25) is 14.5 Å². The molecule has 30 heavy (non-hydrogen) atoms. The maximum absolute atomic E-state index is 11.5. The normalized spacial score (nSPS) is 11.9. The first kappa shape index (κ1) is 19.3. The smallest absolute Gasteiger partial charge is 0.329 e. The number of nitro groups is 1. The molecule has 150 valence electrons. The molecular weight excluding hydrogens is 380 g/mol. The summed E-state index contributed by atoms with van der Waals surface area (Å²) in [4.78, 5) is 24.2. The van der Waals surface area contributed by atoms with Crippen molar-refractivity contribution in [1.82, 2.24) is 19.4 Å². The summed E-state index contributed by atoms with van der Waals surface area (Å²) < 4.78 is 1.88. The number of anilines is 1. The van der Waals surface area contributed by atoms with Gasteiger partial charge in [-0.2, -0.15) is 0 Å². The zero-order chi connectivity index (χ0) is 21.1. The lowest BCUT2D eigenvalue weighted by molar-refractivity contribution is -0.384. The Morgan fingerprint density at radius 2 is 2.00 bits per heavy atom. The number of imidazole rings is 1. The fraction of sp³-hybridized carbons (Fsp3) is 0.136. The van der Waals surface area contributed by atoms with E-state index in [1.807, 2.05) is 66.1 Å². The number of aromatic nitrogens is 4.